The van der Waals surface area contributed by atoms with Crippen LogP contribution in [0.2, 0.25) is 0 Å². The van der Waals surface area contributed by atoms with Gasteiger partial charge in [0.1, 0.15) is 0 Å². The minimum Gasteiger partial charge on any atom is -0.393 e. The van der Waals surface area contributed by atoms with Gasteiger partial charge >= 0.3 is 6.03 Å². The molecule has 2 atom stereocenters. The number of rotatable bonds is 6. The number of amides is 2. The minimum atomic E-state index is -0.347. The van der Waals surface area contributed by atoms with Crippen LogP contribution in [0.4, 0.5) is 16.3 Å². The van der Waals surface area contributed by atoms with Crippen molar-refractivity contribution in [2.24, 2.45) is 5.92 Å². The first-order valence-electron chi connectivity index (χ1n) is 7.99. The van der Waals surface area contributed by atoms with E-state index in [4.69, 9.17) is 0 Å². The van der Waals surface area contributed by atoms with Crippen molar-refractivity contribution in [1.82, 2.24) is 10.3 Å². The lowest BCUT2D eigenvalue weighted by molar-refractivity contribution is 0.163. The first-order valence-corrected chi connectivity index (χ1v) is 7.99. The smallest absolute Gasteiger partial charge is 0.319 e. The Hall–Kier alpha value is -1.82. The van der Waals surface area contributed by atoms with Crippen LogP contribution in [-0.2, 0) is 0 Å². The minimum absolute atomic E-state index is 0.231. The highest BCUT2D eigenvalue weighted by Gasteiger charge is 2.18. The van der Waals surface area contributed by atoms with Gasteiger partial charge in [-0.25, -0.2) is 9.78 Å². The number of nitrogens with zero attached hydrogens (tertiary/aromatic N) is 2. The fourth-order valence-corrected chi connectivity index (χ4v) is 2.77. The maximum absolute atomic E-state index is 12.0. The molecule has 0 bridgehead atoms. The molecule has 0 aromatic carbocycles. The maximum Gasteiger partial charge on any atom is 0.319 e. The van der Waals surface area contributed by atoms with E-state index in [2.05, 4.69) is 20.5 Å². The van der Waals surface area contributed by atoms with Gasteiger partial charge in [0.25, 0.3) is 0 Å². The lowest BCUT2D eigenvalue weighted by atomic mass is 10.1. The molecule has 2 unspecified atom stereocenters. The first-order chi connectivity index (χ1) is 10.6. The van der Waals surface area contributed by atoms with E-state index in [-0.39, 0.29) is 18.1 Å². The average Bonchev–Trinajstić information content (AvgIpc) is 2.99. The molecule has 1 saturated heterocycles. The summed E-state index contributed by atoms with van der Waals surface area (Å²) in [7, 11) is 0. The largest absolute Gasteiger partial charge is 0.393 e. The van der Waals surface area contributed by atoms with Crippen molar-refractivity contribution in [2.45, 2.75) is 39.2 Å². The van der Waals surface area contributed by atoms with Gasteiger partial charge in [-0.15, -0.1) is 0 Å². The molecule has 1 aliphatic heterocycles. The number of urea groups is 1. The highest BCUT2D eigenvalue weighted by Crippen LogP contribution is 2.25. The number of anilines is 2. The van der Waals surface area contributed by atoms with Gasteiger partial charge in [0, 0.05) is 25.8 Å². The Morgan fingerprint density at radius 1 is 1.41 bits per heavy atom. The summed E-state index contributed by atoms with van der Waals surface area (Å²) in [6.45, 7) is 6.27. The van der Waals surface area contributed by atoms with Gasteiger partial charge in [0.15, 0.2) is 5.82 Å². The van der Waals surface area contributed by atoms with Crippen LogP contribution in [0, 0.1) is 5.92 Å². The Morgan fingerprint density at radius 2 is 2.14 bits per heavy atom. The van der Waals surface area contributed by atoms with Gasteiger partial charge in [-0.1, -0.05) is 6.92 Å². The first kappa shape index (κ1) is 16.5. The van der Waals surface area contributed by atoms with Gasteiger partial charge in [0.2, 0.25) is 0 Å². The molecule has 1 aromatic rings. The van der Waals surface area contributed by atoms with Crippen molar-refractivity contribution in [3.8, 4) is 0 Å². The lowest BCUT2D eigenvalue weighted by Gasteiger charge is -2.20. The molecule has 2 rings (SSSR count). The van der Waals surface area contributed by atoms with Crippen LogP contribution < -0.4 is 15.5 Å². The molecule has 1 fully saturated rings. The fraction of sp³-hybridized carbons (Fsp3) is 0.625. The van der Waals surface area contributed by atoms with Crippen molar-refractivity contribution in [3.05, 3.63) is 18.3 Å². The second-order valence-corrected chi connectivity index (χ2v) is 6.09. The van der Waals surface area contributed by atoms with Crippen LogP contribution in [0.3, 0.4) is 0 Å². The number of carbonyl (C=O) groups is 1. The number of hydrogen-bond acceptors (Lipinski definition) is 4. The van der Waals surface area contributed by atoms with Crippen molar-refractivity contribution in [3.63, 3.8) is 0 Å². The SMILES string of the molecule is CC(O)CC(C)CNC(=O)Nc1cccnc1N1CCCC1. The summed E-state index contributed by atoms with van der Waals surface area (Å²) >= 11 is 0. The average molecular weight is 306 g/mol. The van der Waals surface area contributed by atoms with E-state index in [0.717, 1.165) is 24.6 Å². The summed E-state index contributed by atoms with van der Waals surface area (Å²) in [6.07, 6.45) is 4.41. The van der Waals surface area contributed by atoms with Gasteiger partial charge in [-0.05, 0) is 44.2 Å². The van der Waals surface area contributed by atoms with E-state index >= 15 is 0 Å². The molecule has 1 aromatic heterocycles. The second kappa shape index (κ2) is 7.98. The molecule has 2 amide bonds. The molecule has 0 saturated carbocycles. The Kier molecular flexibility index (Phi) is 6.00. The molecular weight excluding hydrogens is 280 g/mol. The van der Waals surface area contributed by atoms with Crippen LogP contribution >= 0.6 is 0 Å². The molecule has 0 spiro atoms. The van der Waals surface area contributed by atoms with E-state index in [1.54, 1.807) is 13.1 Å². The Balaban J connectivity index is 1.88. The standard InChI is InChI=1S/C16H26N4O2/c1-12(10-13(2)21)11-18-16(22)19-14-6-5-7-17-15(14)20-8-3-4-9-20/h5-7,12-13,21H,3-4,8-11H2,1-2H3,(H2,18,19,22). The number of aliphatic hydroxyl groups excluding tert-OH is 1. The number of carbonyl (C=O) groups excluding carboxylic acids is 1. The van der Waals surface area contributed by atoms with Crippen molar-refractivity contribution in [1.29, 1.82) is 0 Å². The third-order valence-corrected chi connectivity index (χ3v) is 3.80. The van der Waals surface area contributed by atoms with E-state index in [1.807, 2.05) is 19.1 Å². The number of nitrogens with one attached hydrogen (secondary N) is 2. The van der Waals surface area contributed by atoms with Crippen molar-refractivity contribution >= 4 is 17.5 Å². The summed E-state index contributed by atoms with van der Waals surface area (Å²) in [5.41, 5.74) is 0.741. The van der Waals surface area contributed by atoms with Crippen LogP contribution in [0.1, 0.15) is 33.1 Å². The van der Waals surface area contributed by atoms with Crippen molar-refractivity contribution in [2.75, 3.05) is 29.9 Å². The molecular formula is C16H26N4O2. The zero-order valence-electron chi connectivity index (χ0n) is 13.4. The lowest BCUT2D eigenvalue weighted by Crippen LogP contribution is -2.34. The zero-order valence-corrected chi connectivity index (χ0v) is 13.4. The third-order valence-electron chi connectivity index (χ3n) is 3.80. The second-order valence-electron chi connectivity index (χ2n) is 6.09. The number of hydrogen-bond donors (Lipinski definition) is 3. The van der Waals surface area contributed by atoms with Crippen LogP contribution in [0.5, 0.6) is 0 Å². The van der Waals surface area contributed by atoms with E-state index in [1.165, 1.54) is 12.8 Å². The molecule has 6 heteroatoms. The fourth-order valence-electron chi connectivity index (χ4n) is 2.77. The van der Waals surface area contributed by atoms with Gasteiger partial charge in [0.05, 0.1) is 11.8 Å². The monoisotopic (exact) mass is 306 g/mol. The predicted molar refractivity (Wildman–Crippen MR) is 88.2 cm³/mol. The van der Waals surface area contributed by atoms with Crippen LogP contribution in [0.15, 0.2) is 18.3 Å². The highest BCUT2D eigenvalue weighted by atomic mass is 16.3. The molecule has 0 aliphatic carbocycles. The predicted octanol–water partition coefficient (Wildman–Crippen LogP) is 2.21. The molecule has 0 radical (unpaired) electrons. The summed E-state index contributed by atoms with van der Waals surface area (Å²) in [4.78, 5) is 18.6. The third kappa shape index (κ3) is 4.87. The topological polar surface area (TPSA) is 77.5 Å². The summed E-state index contributed by atoms with van der Waals surface area (Å²) in [6, 6.07) is 3.47. The van der Waals surface area contributed by atoms with Crippen LogP contribution in [-0.4, -0.2) is 41.9 Å². The number of pyridine rings is 1. The van der Waals surface area contributed by atoms with E-state index < -0.39 is 0 Å². The Bertz CT molecular complexity index is 487. The molecule has 6 nitrogen and oxygen atoms in total. The summed E-state index contributed by atoms with van der Waals surface area (Å²) < 4.78 is 0. The zero-order chi connectivity index (χ0) is 15.9. The molecule has 2 heterocycles. The Labute approximate surface area is 131 Å². The summed E-state index contributed by atoms with van der Waals surface area (Å²) in [5, 5.41) is 15.1. The van der Waals surface area contributed by atoms with Crippen LogP contribution in [0.25, 0.3) is 0 Å². The quantitative estimate of drug-likeness (QED) is 0.753. The molecule has 3 N–H and O–H groups in total. The number of aromatic nitrogens is 1. The van der Waals surface area contributed by atoms with Crippen molar-refractivity contribution < 1.29 is 9.90 Å². The van der Waals surface area contributed by atoms with Gasteiger partial charge < -0.3 is 20.6 Å². The van der Waals surface area contributed by atoms with E-state index in [9.17, 15) is 9.90 Å². The van der Waals surface area contributed by atoms with E-state index in [0.29, 0.717) is 13.0 Å². The summed E-state index contributed by atoms with van der Waals surface area (Å²) in [5.74, 6) is 1.07. The molecule has 22 heavy (non-hydrogen) atoms. The highest BCUT2D eigenvalue weighted by molar-refractivity contribution is 5.92. The molecule has 122 valence electrons. The Morgan fingerprint density at radius 3 is 2.82 bits per heavy atom. The number of aliphatic hydroxyl groups is 1. The van der Waals surface area contributed by atoms with Gasteiger partial charge in [-0.2, -0.15) is 0 Å². The molecule has 1 aliphatic rings. The van der Waals surface area contributed by atoms with Gasteiger partial charge in [-0.3, -0.25) is 0 Å². The maximum atomic E-state index is 12.0. The normalized spacial score (nSPS) is 17.1.